The van der Waals surface area contributed by atoms with Crippen molar-refractivity contribution in [1.29, 1.82) is 0 Å². The van der Waals surface area contributed by atoms with Gasteiger partial charge in [-0.2, -0.15) is 0 Å². The van der Waals surface area contributed by atoms with Crippen LogP contribution in [0.3, 0.4) is 0 Å². The van der Waals surface area contributed by atoms with E-state index in [0.29, 0.717) is 12.2 Å². The molecular formula is C16H24N2O2. The van der Waals surface area contributed by atoms with Crippen LogP contribution in [-0.2, 0) is 9.53 Å². The predicted molar refractivity (Wildman–Crippen MR) is 80.4 cm³/mol. The van der Waals surface area contributed by atoms with Gasteiger partial charge in [0.15, 0.2) is 0 Å². The standard InChI is InChI=1S/C16H24N2O2/c1-12(14-4-2-5-15(17)10-14)16(19)18-8-3-9-20-11-13-6-7-13/h2,4-5,10,12-13H,3,6-9,11,17H2,1H3,(H,18,19). The molecule has 0 heterocycles. The number of nitrogens with two attached hydrogens (primary N) is 1. The van der Waals surface area contributed by atoms with Crippen molar-refractivity contribution in [3.05, 3.63) is 29.8 Å². The van der Waals surface area contributed by atoms with Crippen LogP contribution < -0.4 is 11.1 Å². The number of rotatable bonds is 8. The number of benzene rings is 1. The van der Waals surface area contributed by atoms with Gasteiger partial charge in [0.05, 0.1) is 5.92 Å². The maximum Gasteiger partial charge on any atom is 0.227 e. The Bertz CT molecular complexity index is 444. The summed E-state index contributed by atoms with van der Waals surface area (Å²) < 4.78 is 5.53. The first kappa shape index (κ1) is 14.9. The quantitative estimate of drug-likeness (QED) is 0.565. The van der Waals surface area contributed by atoms with Crippen LogP contribution in [0.4, 0.5) is 5.69 Å². The number of carbonyl (C=O) groups is 1. The van der Waals surface area contributed by atoms with Crippen molar-refractivity contribution in [3.63, 3.8) is 0 Å². The number of hydrogen-bond acceptors (Lipinski definition) is 3. The molecule has 1 aliphatic carbocycles. The number of nitrogen functional groups attached to an aromatic ring is 1. The minimum atomic E-state index is -0.175. The van der Waals surface area contributed by atoms with Gasteiger partial charge in [0.1, 0.15) is 0 Å². The van der Waals surface area contributed by atoms with Crippen LogP contribution in [0.1, 0.15) is 37.7 Å². The second-order valence-corrected chi connectivity index (χ2v) is 5.55. The lowest BCUT2D eigenvalue weighted by atomic mass is 10.00. The van der Waals surface area contributed by atoms with Gasteiger partial charge in [0, 0.05) is 25.4 Å². The lowest BCUT2D eigenvalue weighted by Crippen LogP contribution is -2.29. The van der Waals surface area contributed by atoms with Crippen LogP contribution in [0.25, 0.3) is 0 Å². The molecule has 1 unspecified atom stereocenters. The Kier molecular flexibility index (Phi) is 5.41. The average molecular weight is 276 g/mol. The molecule has 1 atom stereocenters. The van der Waals surface area contributed by atoms with Crippen molar-refractivity contribution in [1.82, 2.24) is 5.32 Å². The van der Waals surface area contributed by atoms with Crippen LogP contribution in [0.15, 0.2) is 24.3 Å². The van der Waals surface area contributed by atoms with E-state index in [4.69, 9.17) is 10.5 Å². The largest absolute Gasteiger partial charge is 0.399 e. The highest BCUT2D eigenvalue weighted by Gasteiger charge is 2.20. The van der Waals surface area contributed by atoms with E-state index in [1.54, 1.807) is 0 Å². The Labute approximate surface area is 120 Å². The van der Waals surface area contributed by atoms with Crippen molar-refractivity contribution in [2.45, 2.75) is 32.1 Å². The molecule has 110 valence electrons. The lowest BCUT2D eigenvalue weighted by Gasteiger charge is -2.13. The van der Waals surface area contributed by atoms with Crippen molar-refractivity contribution in [3.8, 4) is 0 Å². The first-order valence-corrected chi connectivity index (χ1v) is 7.37. The molecule has 1 saturated carbocycles. The molecule has 0 spiro atoms. The van der Waals surface area contributed by atoms with E-state index in [2.05, 4.69) is 5.32 Å². The third kappa shape index (κ3) is 4.85. The van der Waals surface area contributed by atoms with E-state index in [9.17, 15) is 4.79 Å². The van der Waals surface area contributed by atoms with E-state index in [1.807, 2.05) is 31.2 Å². The van der Waals surface area contributed by atoms with Crippen LogP contribution in [0, 0.1) is 5.92 Å². The zero-order valence-electron chi connectivity index (χ0n) is 12.1. The van der Waals surface area contributed by atoms with Crippen LogP contribution in [0.5, 0.6) is 0 Å². The molecule has 1 aliphatic rings. The summed E-state index contributed by atoms with van der Waals surface area (Å²) in [4.78, 5) is 12.0. The van der Waals surface area contributed by atoms with E-state index >= 15 is 0 Å². The molecule has 0 saturated heterocycles. The molecule has 1 aromatic rings. The smallest absolute Gasteiger partial charge is 0.227 e. The fourth-order valence-corrected chi connectivity index (χ4v) is 2.05. The molecule has 20 heavy (non-hydrogen) atoms. The van der Waals surface area contributed by atoms with E-state index in [0.717, 1.165) is 31.1 Å². The minimum absolute atomic E-state index is 0.0396. The second kappa shape index (κ2) is 7.29. The minimum Gasteiger partial charge on any atom is -0.399 e. The predicted octanol–water partition coefficient (Wildman–Crippen LogP) is 2.31. The third-order valence-electron chi connectivity index (χ3n) is 3.62. The molecule has 0 bridgehead atoms. The van der Waals surface area contributed by atoms with Gasteiger partial charge in [-0.3, -0.25) is 4.79 Å². The fraction of sp³-hybridized carbons (Fsp3) is 0.562. The summed E-state index contributed by atoms with van der Waals surface area (Å²) in [5, 5.41) is 2.94. The summed E-state index contributed by atoms with van der Waals surface area (Å²) in [6, 6.07) is 7.48. The average Bonchev–Trinajstić information content (AvgIpc) is 3.25. The van der Waals surface area contributed by atoms with Gasteiger partial charge in [0.2, 0.25) is 5.91 Å². The highest BCUT2D eigenvalue weighted by Crippen LogP contribution is 2.28. The van der Waals surface area contributed by atoms with Crippen molar-refractivity contribution >= 4 is 11.6 Å². The third-order valence-corrected chi connectivity index (χ3v) is 3.62. The number of amides is 1. The first-order valence-electron chi connectivity index (χ1n) is 7.37. The van der Waals surface area contributed by atoms with Crippen LogP contribution in [0.2, 0.25) is 0 Å². The van der Waals surface area contributed by atoms with Crippen molar-refractivity contribution in [2.24, 2.45) is 5.92 Å². The fourth-order valence-electron chi connectivity index (χ4n) is 2.05. The highest BCUT2D eigenvalue weighted by molar-refractivity contribution is 5.83. The van der Waals surface area contributed by atoms with Gasteiger partial charge < -0.3 is 15.8 Å². The van der Waals surface area contributed by atoms with Gasteiger partial charge in [-0.1, -0.05) is 12.1 Å². The molecule has 2 rings (SSSR count). The highest BCUT2D eigenvalue weighted by atomic mass is 16.5. The Morgan fingerprint density at radius 1 is 1.50 bits per heavy atom. The Morgan fingerprint density at radius 2 is 2.30 bits per heavy atom. The Hall–Kier alpha value is -1.55. The zero-order chi connectivity index (χ0) is 14.4. The van der Waals surface area contributed by atoms with Gasteiger partial charge >= 0.3 is 0 Å². The second-order valence-electron chi connectivity index (χ2n) is 5.55. The number of hydrogen-bond donors (Lipinski definition) is 2. The summed E-state index contributed by atoms with van der Waals surface area (Å²) >= 11 is 0. The summed E-state index contributed by atoms with van der Waals surface area (Å²) in [5.41, 5.74) is 7.37. The Morgan fingerprint density at radius 3 is 3.00 bits per heavy atom. The molecule has 0 aromatic heterocycles. The van der Waals surface area contributed by atoms with Crippen molar-refractivity contribution < 1.29 is 9.53 Å². The monoisotopic (exact) mass is 276 g/mol. The maximum absolute atomic E-state index is 12.0. The summed E-state index contributed by atoms with van der Waals surface area (Å²) in [7, 11) is 0. The van der Waals surface area contributed by atoms with Gasteiger partial charge in [-0.25, -0.2) is 0 Å². The number of ether oxygens (including phenoxy) is 1. The van der Waals surface area contributed by atoms with Gasteiger partial charge in [-0.15, -0.1) is 0 Å². The number of nitrogens with one attached hydrogen (secondary N) is 1. The molecule has 0 aliphatic heterocycles. The maximum atomic E-state index is 12.0. The molecule has 4 heteroatoms. The number of anilines is 1. The van der Waals surface area contributed by atoms with E-state index in [-0.39, 0.29) is 11.8 Å². The topological polar surface area (TPSA) is 64.3 Å². The van der Waals surface area contributed by atoms with E-state index in [1.165, 1.54) is 12.8 Å². The van der Waals surface area contributed by atoms with Gasteiger partial charge in [-0.05, 0) is 49.8 Å². The molecular weight excluding hydrogens is 252 g/mol. The molecule has 4 nitrogen and oxygen atoms in total. The van der Waals surface area contributed by atoms with Gasteiger partial charge in [0.25, 0.3) is 0 Å². The van der Waals surface area contributed by atoms with E-state index < -0.39 is 0 Å². The molecule has 3 N–H and O–H groups in total. The van der Waals surface area contributed by atoms with Crippen LogP contribution in [-0.4, -0.2) is 25.7 Å². The SMILES string of the molecule is CC(C(=O)NCCCOCC1CC1)c1cccc(N)c1. The molecule has 1 amide bonds. The summed E-state index contributed by atoms with van der Waals surface area (Å²) in [6.07, 6.45) is 3.49. The zero-order valence-corrected chi connectivity index (χ0v) is 12.1. The summed E-state index contributed by atoms with van der Waals surface area (Å²) in [6.45, 7) is 4.17. The normalized spacial score (nSPS) is 15.8. The summed E-state index contributed by atoms with van der Waals surface area (Å²) in [5.74, 6) is 0.664. The number of carbonyl (C=O) groups excluding carboxylic acids is 1. The molecule has 0 radical (unpaired) electrons. The Balaban J connectivity index is 1.63. The molecule has 1 fully saturated rings. The van der Waals surface area contributed by atoms with Crippen LogP contribution >= 0.6 is 0 Å². The van der Waals surface area contributed by atoms with Crippen molar-refractivity contribution in [2.75, 3.05) is 25.5 Å². The lowest BCUT2D eigenvalue weighted by molar-refractivity contribution is -0.122. The molecule has 1 aromatic carbocycles. The first-order chi connectivity index (χ1) is 9.66.